The van der Waals surface area contributed by atoms with Crippen LogP contribution in [-0.4, -0.2) is 137 Å². The van der Waals surface area contributed by atoms with Crippen LogP contribution in [0.15, 0.2) is 97.1 Å². The minimum absolute atomic E-state index is 0. The van der Waals surface area contributed by atoms with Gasteiger partial charge < -0.3 is 68.9 Å². The van der Waals surface area contributed by atoms with Crippen molar-refractivity contribution in [1.29, 1.82) is 0 Å². The molecule has 5 aromatic rings. The van der Waals surface area contributed by atoms with E-state index in [2.05, 4.69) is 21.3 Å². The van der Waals surface area contributed by atoms with Gasteiger partial charge in [-0.1, -0.05) is 43.8 Å². The summed E-state index contributed by atoms with van der Waals surface area (Å²) in [6, 6.07) is 20.8. The van der Waals surface area contributed by atoms with Crippen LogP contribution in [0.5, 0.6) is 23.0 Å². The van der Waals surface area contributed by atoms with Crippen molar-refractivity contribution >= 4 is 58.5 Å². The lowest BCUT2D eigenvalue weighted by molar-refractivity contribution is -0.121. The molecule has 0 aliphatic carbocycles. The Kier molecular flexibility index (Phi) is 32.2. The topological polar surface area (TPSA) is 386 Å². The molecule has 0 saturated heterocycles. The molecule has 23 heteroatoms. The predicted octanol–water partition coefficient (Wildman–Crippen LogP) is 5.82. The van der Waals surface area contributed by atoms with E-state index in [0.717, 1.165) is 0 Å². The monoisotopic (exact) mass is 1280 g/mol. The number of carbonyl (C=O) groups excluding carboxylic acids is 10. The Morgan fingerprint density at radius 2 is 0.634 bits per heavy atom. The van der Waals surface area contributed by atoms with Crippen LogP contribution in [0, 0.1) is 0 Å². The van der Waals surface area contributed by atoms with Gasteiger partial charge in [-0.3, -0.25) is 47.9 Å². The third kappa shape index (κ3) is 23.2. The maximum Gasteiger partial charge on any atom is 0.255 e. The fourth-order valence-electron chi connectivity index (χ4n) is 10.5. The molecular weight excluding hydrogens is 1190 g/mol. The Morgan fingerprint density at radius 1 is 0.366 bits per heavy atom. The predicted molar refractivity (Wildman–Crippen MR) is 355 cm³/mol. The summed E-state index contributed by atoms with van der Waals surface area (Å²) in [6.45, 7) is 2.80. The van der Waals surface area contributed by atoms with E-state index in [1.54, 1.807) is 48.5 Å². The number of methoxy groups -OCH3 is 4. The van der Waals surface area contributed by atoms with Crippen LogP contribution in [0.1, 0.15) is 176 Å². The fraction of sp³-hybridized carbons (Fsp3) is 0.429. The number of rotatable bonds is 42. The molecule has 0 unspecified atom stereocenters. The Hall–Kier alpha value is -9.16. The molecule has 5 amide bonds. The molecule has 14 N–H and O–H groups in total. The van der Waals surface area contributed by atoms with Gasteiger partial charge in [-0.2, -0.15) is 0 Å². The van der Waals surface area contributed by atoms with E-state index in [-0.39, 0.29) is 121 Å². The number of ether oxygens (including phenoxy) is 4. The van der Waals surface area contributed by atoms with Crippen LogP contribution in [0.4, 0.5) is 0 Å². The molecule has 0 spiro atoms. The van der Waals surface area contributed by atoms with Crippen LogP contribution < -0.4 is 68.9 Å². The first kappa shape index (κ1) is 76.3. The van der Waals surface area contributed by atoms with Gasteiger partial charge in [0.05, 0.1) is 74.9 Å². The van der Waals surface area contributed by atoms with Crippen LogP contribution in [0.2, 0.25) is 0 Å². The molecule has 502 valence electrons. The average molecular weight is 1280 g/mol. The van der Waals surface area contributed by atoms with Crippen molar-refractivity contribution in [3.8, 4) is 23.0 Å². The number of hydrogen-bond acceptors (Lipinski definition) is 18. The summed E-state index contributed by atoms with van der Waals surface area (Å²) in [7, 11) is 5.53. The van der Waals surface area contributed by atoms with Crippen LogP contribution >= 0.6 is 0 Å². The third-order valence-electron chi connectivity index (χ3n) is 15.7. The summed E-state index contributed by atoms with van der Waals surface area (Å²) in [5.74, 6) is -4.18. The van der Waals surface area contributed by atoms with Crippen molar-refractivity contribution in [2.45, 2.75) is 141 Å². The lowest BCUT2D eigenvalue weighted by Gasteiger charge is -2.21. The van der Waals surface area contributed by atoms with Gasteiger partial charge >= 0.3 is 0 Å². The van der Waals surface area contributed by atoms with Crippen molar-refractivity contribution in [3.05, 3.63) is 153 Å². The van der Waals surface area contributed by atoms with Crippen LogP contribution in [0.3, 0.4) is 0 Å². The summed E-state index contributed by atoms with van der Waals surface area (Å²) in [6.07, 6.45) is 4.47. The highest BCUT2D eigenvalue weighted by atomic mass is 16.5. The van der Waals surface area contributed by atoms with E-state index in [0.29, 0.717) is 112 Å². The highest BCUT2D eigenvalue weighted by Gasteiger charge is 2.30. The van der Waals surface area contributed by atoms with Gasteiger partial charge in [-0.25, -0.2) is 0 Å². The molecule has 0 bridgehead atoms. The first-order valence-electron chi connectivity index (χ1n) is 31.0. The Labute approximate surface area is 544 Å². The summed E-state index contributed by atoms with van der Waals surface area (Å²) < 4.78 is 22.0. The Morgan fingerprint density at radius 3 is 0.903 bits per heavy atom. The highest BCUT2D eigenvalue weighted by Crippen LogP contribution is 2.27. The number of nitrogens with two attached hydrogens (primary N) is 5. The number of ketones is 5. The second kappa shape index (κ2) is 39.3. The van der Waals surface area contributed by atoms with Gasteiger partial charge in [0, 0.05) is 36.8 Å². The Balaban J connectivity index is 0.0000184. The first-order valence-corrected chi connectivity index (χ1v) is 31.0. The van der Waals surface area contributed by atoms with Crippen LogP contribution in [0.25, 0.3) is 0 Å². The quantitative estimate of drug-likeness (QED) is 0.0164. The molecular formula is C70H93N9O14. The maximum absolute atomic E-state index is 14.4. The minimum Gasteiger partial charge on any atom is -0.496 e. The van der Waals surface area contributed by atoms with Gasteiger partial charge in [0.1, 0.15) is 23.0 Å². The fourth-order valence-corrected chi connectivity index (χ4v) is 10.5. The van der Waals surface area contributed by atoms with E-state index in [9.17, 15) is 47.9 Å². The van der Waals surface area contributed by atoms with Gasteiger partial charge in [0.2, 0.25) is 0 Å². The molecule has 5 aromatic carbocycles. The zero-order chi connectivity index (χ0) is 67.3. The van der Waals surface area contributed by atoms with Crippen LogP contribution in [-0.2, 0) is 44.9 Å². The number of carbonyl (C=O) groups is 10. The molecule has 0 heterocycles. The number of unbranched alkanes of at least 4 members (excludes halogenated alkanes) is 4. The normalized spacial score (nSPS) is 12.1. The minimum atomic E-state index is -1.05. The molecule has 93 heavy (non-hydrogen) atoms. The molecule has 23 nitrogen and oxygen atoms in total. The van der Waals surface area contributed by atoms with Crippen molar-refractivity contribution in [2.75, 3.05) is 54.6 Å². The lowest BCUT2D eigenvalue weighted by atomic mass is 9.95. The summed E-state index contributed by atoms with van der Waals surface area (Å²) in [5.41, 5.74) is 31.3. The molecule has 0 aliphatic heterocycles. The molecule has 0 aliphatic rings. The molecule has 0 fully saturated rings. The van der Waals surface area contributed by atoms with Crippen molar-refractivity contribution in [3.63, 3.8) is 0 Å². The SMILES string of the molecule is C.COc1ccc(CC(=O)[C@H](CCCCN)NC(=O)c2cc(CC(=O)[C@H](CCCCN)NC(=O)c3cc(CC(=O)[C@H](CCCCN)NC(=O)c4cc(CC(=O)[C@H](CCCCN)NC(=O)c5cccc(C(C)=O)c5)ccc4OC)ccc3OC)ccc2OC)cc1C(N)=O. The zero-order valence-electron chi connectivity index (χ0n) is 53.3. The summed E-state index contributed by atoms with van der Waals surface area (Å²) in [4.78, 5) is 137. The number of hydrogen-bond donors (Lipinski definition) is 9. The van der Waals surface area contributed by atoms with E-state index in [4.69, 9.17) is 47.6 Å². The standard InChI is InChI=1S/C69H89N9O14.CH4/c1-42(79)47-15-14-16-48(41-47)66(85)75-53(17-6-10-29-70)57(80)38-44-22-26-62(90-3)50(34-44)68(87)77-55(19-8-12-31-72)59(82)40-46-24-28-64(92-5)52(36-46)69(88)78-56(20-9-13-32-73)60(83)39-45-23-27-63(91-4)51(35-45)67(86)76-54(18-7-11-30-71)58(81)37-43-21-25-61(89-2)49(33-43)65(74)84;/h14-16,21-28,33-36,41,53-56H,6-13,17-20,29-32,37-40,70-73H2,1-5H3,(H2,74,84)(H,75,85)(H,76,86)(H,77,87)(H,78,88);1H4/t53-,54-,55-,56-;/m0./s1. The maximum atomic E-state index is 14.4. The zero-order valence-corrected chi connectivity index (χ0v) is 53.3. The van der Waals surface area contributed by atoms with E-state index in [1.807, 2.05) is 0 Å². The second-order valence-corrected chi connectivity index (χ2v) is 22.5. The number of primary amides is 1. The van der Waals surface area contributed by atoms with Crippen molar-refractivity contribution < 1.29 is 66.9 Å². The molecule has 0 saturated carbocycles. The molecule has 4 atom stereocenters. The van der Waals surface area contributed by atoms with Crippen molar-refractivity contribution in [2.24, 2.45) is 28.7 Å². The number of nitrogens with one attached hydrogen (secondary N) is 4. The number of amides is 5. The van der Waals surface area contributed by atoms with E-state index < -0.39 is 65.3 Å². The largest absolute Gasteiger partial charge is 0.496 e. The second-order valence-electron chi connectivity index (χ2n) is 22.5. The summed E-state index contributed by atoms with van der Waals surface area (Å²) in [5, 5.41) is 11.4. The molecule has 5 rings (SSSR count). The van der Waals surface area contributed by atoms with Gasteiger partial charge in [-0.05, 0) is 193 Å². The van der Waals surface area contributed by atoms with E-state index in [1.165, 1.54) is 83.9 Å². The Bertz CT molecular complexity index is 3410. The summed E-state index contributed by atoms with van der Waals surface area (Å²) >= 11 is 0. The lowest BCUT2D eigenvalue weighted by Crippen LogP contribution is -2.42. The smallest absolute Gasteiger partial charge is 0.255 e. The van der Waals surface area contributed by atoms with Crippen molar-refractivity contribution in [1.82, 2.24) is 21.3 Å². The molecule has 0 aromatic heterocycles. The third-order valence-corrected chi connectivity index (χ3v) is 15.7. The first-order chi connectivity index (χ1) is 44.2. The van der Waals surface area contributed by atoms with E-state index >= 15 is 0 Å². The molecule has 0 radical (unpaired) electrons. The van der Waals surface area contributed by atoms with Gasteiger partial charge in [0.15, 0.2) is 28.9 Å². The van der Waals surface area contributed by atoms with Gasteiger partial charge in [0.25, 0.3) is 29.5 Å². The van der Waals surface area contributed by atoms with Gasteiger partial charge in [-0.15, -0.1) is 0 Å². The average Bonchev–Trinajstić information content (AvgIpc) is 0.918. The number of Topliss-reactive ketones (excluding diaryl/α,β-unsaturated/α-hetero) is 5. The number of benzene rings is 5. The highest BCUT2D eigenvalue weighted by molar-refractivity contribution is 6.05.